The molecular weight excluding hydrogens is 394 g/mol. The number of ether oxygens (including phenoxy) is 1. The molecule has 2 heterocycles. The molecule has 0 aliphatic carbocycles. The fourth-order valence-electron chi connectivity index (χ4n) is 2.20. The highest BCUT2D eigenvalue weighted by Gasteiger charge is 2.19. The molecule has 1 aromatic carbocycles. The molecule has 10 heteroatoms. The van der Waals surface area contributed by atoms with Crippen molar-refractivity contribution in [2.24, 2.45) is 0 Å². The fourth-order valence-corrected chi connectivity index (χ4v) is 3.00. The van der Waals surface area contributed by atoms with Gasteiger partial charge in [0.05, 0.1) is 34.5 Å². The lowest BCUT2D eigenvalue weighted by atomic mass is 10.1. The van der Waals surface area contributed by atoms with Gasteiger partial charge in [-0.2, -0.15) is 0 Å². The van der Waals surface area contributed by atoms with Gasteiger partial charge in [-0.25, -0.2) is 13.6 Å². The number of halogens is 2. The minimum Gasteiger partial charge on any atom is -0.465 e. The van der Waals surface area contributed by atoms with Gasteiger partial charge in [0.25, 0.3) is 11.8 Å². The lowest BCUT2D eigenvalue weighted by Gasteiger charge is -2.08. The number of carbonyl (C=O) groups excluding carboxylic acids is 3. The zero-order valence-electron chi connectivity index (χ0n) is 14.2. The molecule has 2 N–H and O–H groups in total. The summed E-state index contributed by atoms with van der Waals surface area (Å²) in [6, 6.07) is 7.27. The summed E-state index contributed by atoms with van der Waals surface area (Å²) < 4.78 is 37.0. The summed E-state index contributed by atoms with van der Waals surface area (Å²) in [5.41, 5.74) is -0.904. The van der Waals surface area contributed by atoms with Crippen LogP contribution in [-0.4, -0.2) is 24.9 Å². The SMILES string of the molecule is COC(=O)c1cc(NC(=O)c2ccc(NC(=O)c3ccco3)s2)c(F)cc1F. The molecule has 2 aromatic heterocycles. The fraction of sp³-hybridized carbons (Fsp3) is 0.0556. The van der Waals surface area contributed by atoms with Gasteiger partial charge in [0.2, 0.25) is 0 Å². The Morgan fingerprint density at radius 3 is 2.50 bits per heavy atom. The van der Waals surface area contributed by atoms with Gasteiger partial charge in [0.15, 0.2) is 5.76 Å². The highest BCUT2D eigenvalue weighted by Crippen LogP contribution is 2.25. The van der Waals surface area contributed by atoms with Crippen molar-refractivity contribution in [3.63, 3.8) is 0 Å². The minimum absolute atomic E-state index is 0.100. The third-order valence-electron chi connectivity index (χ3n) is 3.52. The number of benzene rings is 1. The monoisotopic (exact) mass is 406 g/mol. The van der Waals surface area contributed by atoms with Gasteiger partial charge in [-0.3, -0.25) is 9.59 Å². The zero-order chi connectivity index (χ0) is 20.3. The Labute approximate surface area is 160 Å². The van der Waals surface area contributed by atoms with E-state index in [1.807, 2.05) is 0 Å². The smallest absolute Gasteiger partial charge is 0.340 e. The number of esters is 1. The van der Waals surface area contributed by atoms with Crippen LogP contribution in [0.2, 0.25) is 0 Å². The number of anilines is 2. The molecule has 0 unspecified atom stereocenters. The van der Waals surface area contributed by atoms with Crippen LogP contribution in [0.4, 0.5) is 19.5 Å². The van der Waals surface area contributed by atoms with E-state index in [1.54, 1.807) is 6.07 Å². The number of hydrogen-bond acceptors (Lipinski definition) is 6. The first-order valence-electron chi connectivity index (χ1n) is 7.72. The summed E-state index contributed by atoms with van der Waals surface area (Å²) in [6.45, 7) is 0. The molecule has 0 saturated carbocycles. The second-order valence-corrected chi connectivity index (χ2v) is 6.44. The zero-order valence-corrected chi connectivity index (χ0v) is 15.1. The van der Waals surface area contributed by atoms with Crippen LogP contribution in [0.3, 0.4) is 0 Å². The Morgan fingerprint density at radius 2 is 1.82 bits per heavy atom. The molecule has 0 radical (unpaired) electrons. The Kier molecular flexibility index (Phi) is 5.50. The largest absolute Gasteiger partial charge is 0.465 e. The summed E-state index contributed by atoms with van der Waals surface area (Å²) >= 11 is 0.936. The van der Waals surface area contributed by atoms with E-state index in [0.717, 1.165) is 24.5 Å². The molecule has 0 aliphatic rings. The standard InChI is InChI=1S/C18H12F2N2O5S/c1-26-18(25)9-7-12(11(20)8-10(9)19)21-17(24)14-4-5-15(28-14)22-16(23)13-3-2-6-27-13/h2-8H,1H3,(H,21,24)(H,22,23). The molecule has 0 aliphatic heterocycles. The third kappa shape index (κ3) is 4.07. The van der Waals surface area contributed by atoms with Gasteiger partial charge in [-0.15, -0.1) is 11.3 Å². The molecule has 28 heavy (non-hydrogen) atoms. The highest BCUT2D eigenvalue weighted by molar-refractivity contribution is 7.18. The number of furan rings is 1. The van der Waals surface area contributed by atoms with Crippen LogP contribution in [0.25, 0.3) is 0 Å². The average molecular weight is 406 g/mol. The van der Waals surface area contributed by atoms with Crippen molar-refractivity contribution < 1.29 is 32.3 Å². The Bertz CT molecular complexity index is 1050. The Hall–Kier alpha value is -3.53. The predicted molar refractivity (Wildman–Crippen MR) is 96.6 cm³/mol. The van der Waals surface area contributed by atoms with Crippen LogP contribution < -0.4 is 10.6 Å². The van der Waals surface area contributed by atoms with Crippen molar-refractivity contribution in [1.82, 2.24) is 0 Å². The number of methoxy groups -OCH3 is 1. The first-order chi connectivity index (χ1) is 13.4. The maximum Gasteiger partial charge on any atom is 0.340 e. The number of rotatable bonds is 5. The van der Waals surface area contributed by atoms with Crippen molar-refractivity contribution >= 4 is 39.8 Å². The molecule has 0 bridgehead atoms. The van der Waals surface area contributed by atoms with Crippen molar-refractivity contribution in [3.8, 4) is 0 Å². The topological polar surface area (TPSA) is 97.6 Å². The molecule has 3 rings (SSSR count). The van der Waals surface area contributed by atoms with Crippen LogP contribution in [-0.2, 0) is 4.74 Å². The van der Waals surface area contributed by atoms with E-state index < -0.39 is 35.0 Å². The van der Waals surface area contributed by atoms with Crippen molar-refractivity contribution in [3.05, 3.63) is 70.5 Å². The number of amides is 2. The second-order valence-electron chi connectivity index (χ2n) is 5.35. The quantitative estimate of drug-likeness (QED) is 0.626. The normalized spacial score (nSPS) is 10.4. The Morgan fingerprint density at radius 1 is 1.04 bits per heavy atom. The minimum atomic E-state index is -1.11. The molecular formula is C18H12F2N2O5S. The lowest BCUT2D eigenvalue weighted by molar-refractivity contribution is 0.0595. The van der Waals surface area contributed by atoms with Gasteiger partial charge in [0, 0.05) is 6.07 Å². The van der Waals surface area contributed by atoms with Crippen LogP contribution in [0.1, 0.15) is 30.6 Å². The van der Waals surface area contributed by atoms with E-state index in [-0.39, 0.29) is 16.3 Å². The van der Waals surface area contributed by atoms with E-state index in [2.05, 4.69) is 15.4 Å². The van der Waals surface area contributed by atoms with Crippen molar-refractivity contribution in [2.45, 2.75) is 0 Å². The first kappa shape index (κ1) is 19.2. The van der Waals surface area contributed by atoms with Gasteiger partial charge in [0.1, 0.15) is 11.6 Å². The molecule has 2 amide bonds. The van der Waals surface area contributed by atoms with Crippen LogP contribution in [0.5, 0.6) is 0 Å². The van der Waals surface area contributed by atoms with E-state index in [1.165, 1.54) is 24.5 Å². The molecule has 0 atom stereocenters. The number of hydrogen-bond donors (Lipinski definition) is 2. The molecule has 3 aromatic rings. The van der Waals surface area contributed by atoms with Crippen LogP contribution >= 0.6 is 11.3 Å². The number of nitrogens with one attached hydrogen (secondary N) is 2. The van der Waals surface area contributed by atoms with Crippen LogP contribution in [0.15, 0.2) is 47.1 Å². The van der Waals surface area contributed by atoms with Gasteiger partial charge >= 0.3 is 5.97 Å². The predicted octanol–water partition coefficient (Wildman–Crippen LogP) is 3.91. The molecule has 0 saturated heterocycles. The van der Waals surface area contributed by atoms with Gasteiger partial charge in [-0.05, 0) is 30.3 Å². The number of thiophene rings is 1. The van der Waals surface area contributed by atoms with Crippen molar-refractivity contribution in [2.75, 3.05) is 17.7 Å². The lowest BCUT2D eigenvalue weighted by Crippen LogP contribution is -2.14. The first-order valence-corrected chi connectivity index (χ1v) is 8.54. The molecule has 0 spiro atoms. The average Bonchev–Trinajstić information content (AvgIpc) is 3.35. The van der Waals surface area contributed by atoms with E-state index >= 15 is 0 Å². The van der Waals surface area contributed by atoms with Crippen molar-refractivity contribution in [1.29, 1.82) is 0 Å². The van der Waals surface area contributed by atoms with E-state index in [4.69, 9.17) is 4.42 Å². The third-order valence-corrected chi connectivity index (χ3v) is 4.52. The van der Waals surface area contributed by atoms with E-state index in [0.29, 0.717) is 11.1 Å². The summed E-state index contributed by atoms with van der Waals surface area (Å²) in [6.07, 6.45) is 1.35. The maximum atomic E-state index is 13.9. The Balaban J connectivity index is 1.74. The molecule has 7 nitrogen and oxygen atoms in total. The van der Waals surface area contributed by atoms with Gasteiger partial charge < -0.3 is 19.8 Å². The van der Waals surface area contributed by atoms with E-state index in [9.17, 15) is 23.2 Å². The highest BCUT2D eigenvalue weighted by atomic mass is 32.1. The summed E-state index contributed by atoms with van der Waals surface area (Å²) in [5, 5.41) is 5.18. The van der Waals surface area contributed by atoms with Crippen LogP contribution in [0, 0.1) is 11.6 Å². The molecule has 0 fully saturated rings. The number of carbonyl (C=O) groups is 3. The second kappa shape index (κ2) is 8.01. The van der Waals surface area contributed by atoms with Gasteiger partial charge in [-0.1, -0.05) is 0 Å². The maximum absolute atomic E-state index is 13.9. The molecule has 144 valence electrons. The summed E-state index contributed by atoms with van der Waals surface area (Å²) in [5.74, 6) is -4.27. The summed E-state index contributed by atoms with van der Waals surface area (Å²) in [4.78, 5) is 35.9. The summed E-state index contributed by atoms with van der Waals surface area (Å²) in [7, 11) is 1.05.